The highest BCUT2D eigenvalue weighted by Gasteiger charge is 2.40. The highest BCUT2D eigenvalue weighted by molar-refractivity contribution is 6.36. The summed E-state index contributed by atoms with van der Waals surface area (Å²) in [7, 11) is 0. The van der Waals surface area contributed by atoms with E-state index in [9.17, 15) is 14.9 Å². The molecule has 0 atom stereocenters. The molecule has 8 aromatic rings. The number of hydrogen-bond acceptors (Lipinski definition) is 3. The fraction of sp³-hybridized carbons (Fsp3) is 0. The first-order valence-electron chi connectivity index (χ1n) is 16.4. The predicted octanol–water partition coefficient (Wildman–Crippen LogP) is 10.5. The maximum atomic E-state index is 14.8. The van der Waals surface area contributed by atoms with Crippen LogP contribution in [-0.2, 0) is 0 Å². The summed E-state index contributed by atoms with van der Waals surface area (Å²) in [5.74, 6) is -0.717. The first kappa shape index (κ1) is 29.1. The maximum Gasteiger partial charge on any atom is 0.268 e. The minimum absolute atomic E-state index is 0.353. The number of rotatable bonds is 5. The lowest BCUT2D eigenvalue weighted by Gasteiger charge is -2.20. The number of fused-ring (bicyclic) bond motifs is 4. The van der Waals surface area contributed by atoms with Gasteiger partial charge in [0, 0.05) is 16.3 Å². The summed E-state index contributed by atoms with van der Waals surface area (Å²) in [6, 6.07) is 55.5. The summed E-state index contributed by atoms with van der Waals surface area (Å²) >= 11 is 0. The number of benzene rings is 7. The van der Waals surface area contributed by atoms with Crippen molar-refractivity contribution in [2.24, 2.45) is 0 Å². The van der Waals surface area contributed by atoms with E-state index in [4.69, 9.17) is 0 Å². The zero-order valence-corrected chi connectivity index (χ0v) is 26.7. The Balaban J connectivity index is 1.25. The van der Waals surface area contributed by atoms with E-state index in [2.05, 4.69) is 34.9 Å². The third-order valence-electron chi connectivity index (χ3n) is 9.59. The Hall–Kier alpha value is -7.03. The number of hydrogen-bond donors (Lipinski definition) is 0. The molecule has 5 heteroatoms. The van der Waals surface area contributed by atoms with Crippen LogP contribution in [0.5, 0.6) is 0 Å². The average Bonchev–Trinajstić information content (AvgIpc) is 3.65. The van der Waals surface area contributed by atoms with Crippen LogP contribution in [0.15, 0.2) is 164 Å². The second-order valence-corrected chi connectivity index (χ2v) is 12.4. The molecule has 5 nitrogen and oxygen atoms in total. The van der Waals surface area contributed by atoms with Gasteiger partial charge in [-0.15, -0.1) is 0 Å². The van der Waals surface area contributed by atoms with Crippen molar-refractivity contribution in [1.29, 1.82) is 5.26 Å². The Kier molecular flexibility index (Phi) is 6.75. The van der Waals surface area contributed by atoms with Crippen molar-refractivity contribution in [3.05, 3.63) is 180 Å². The van der Waals surface area contributed by atoms with Gasteiger partial charge in [0.05, 0.1) is 45.2 Å². The minimum Gasteiger partial charge on any atom is -0.308 e. The van der Waals surface area contributed by atoms with Gasteiger partial charge in [-0.25, -0.2) is 4.90 Å². The van der Waals surface area contributed by atoms with Crippen molar-refractivity contribution in [3.63, 3.8) is 0 Å². The number of carbonyl (C=O) groups excluding carboxylic acids is 2. The van der Waals surface area contributed by atoms with Gasteiger partial charge in [-0.1, -0.05) is 121 Å². The second kappa shape index (κ2) is 11.6. The number of carbonyl (C=O) groups is 2. The van der Waals surface area contributed by atoms with Crippen LogP contribution in [-0.4, -0.2) is 16.4 Å². The third-order valence-corrected chi connectivity index (χ3v) is 9.59. The number of nitriles is 1. The topological polar surface area (TPSA) is 66.1 Å². The fourth-order valence-electron chi connectivity index (χ4n) is 7.21. The number of amides is 2. The van der Waals surface area contributed by atoms with E-state index in [0.717, 1.165) is 55.2 Å². The van der Waals surface area contributed by atoms with Crippen LogP contribution in [0.1, 0.15) is 26.3 Å². The Morgan fingerprint density at radius 1 is 0.440 bits per heavy atom. The summed E-state index contributed by atoms with van der Waals surface area (Å²) in [5.41, 5.74) is 9.94. The minimum atomic E-state index is -0.364. The van der Waals surface area contributed by atoms with Crippen LogP contribution in [0.2, 0.25) is 0 Å². The molecule has 0 saturated carbocycles. The van der Waals surface area contributed by atoms with Crippen molar-refractivity contribution in [3.8, 4) is 45.1 Å². The van der Waals surface area contributed by atoms with E-state index < -0.39 is 0 Å². The molecule has 1 aromatic heterocycles. The SMILES string of the molecule is N#Cc1ccc(-c2ccc3c4ccccc4n(-c4cccc5c4C(=O)N(c4cc(-c6ccccc6)ccc4-c4ccccc4)C5=O)c3c2)cc1. The number of imide groups is 1. The molecule has 0 fully saturated rings. The molecule has 50 heavy (non-hydrogen) atoms. The highest BCUT2D eigenvalue weighted by atomic mass is 16.2. The molecule has 0 spiro atoms. The molecule has 0 saturated heterocycles. The molecule has 234 valence electrons. The van der Waals surface area contributed by atoms with E-state index in [1.165, 1.54) is 4.90 Å². The number of aromatic nitrogens is 1. The summed E-state index contributed by atoms with van der Waals surface area (Å²) in [6.45, 7) is 0. The fourth-order valence-corrected chi connectivity index (χ4v) is 7.21. The van der Waals surface area contributed by atoms with Crippen molar-refractivity contribution >= 4 is 39.3 Å². The Morgan fingerprint density at radius 2 is 1.06 bits per heavy atom. The number of anilines is 1. The normalized spacial score (nSPS) is 12.4. The van der Waals surface area contributed by atoms with Gasteiger partial charge < -0.3 is 4.57 Å². The Labute approximate surface area is 288 Å². The van der Waals surface area contributed by atoms with Gasteiger partial charge >= 0.3 is 0 Å². The molecule has 0 unspecified atom stereocenters. The van der Waals surface area contributed by atoms with Crippen LogP contribution in [0, 0.1) is 11.3 Å². The third kappa shape index (κ3) is 4.55. The lowest BCUT2D eigenvalue weighted by atomic mass is 9.97. The van der Waals surface area contributed by atoms with Gasteiger partial charge in [-0.3, -0.25) is 9.59 Å². The molecule has 0 N–H and O–H groups in total. The summed E-state index contributed by atoms with van der Waals surface area (Å²) < 4.78 is 2.10. The first-order chi connectivity index (χ1) is 24.6. The van der Waals surface area contributed by atoms with Gasteiger partial charge in [-0.05, 0) is 70.3 Å². The van der Waals surface area contributed by atoms with E-state index in [0.29, 0.717) is 28.1 Å². The van der Waals surface area contributed by atoms with E-state index >= 15 is 0 Å². The number of para-hydroxylation sites is 1. The van der Waals surface area contributed by atoms with Gasteiger partial charge in [0.25, 0.3) is 11.8 Å². The largest absolute Gasteiger partial charge is 0.308 e. The molecule has 9 rings (SSSR count). The molecule has 0 aliphatic carbocycles. The highest BCUT2D eigenvalue weighted by Crippen LogP contribution is 2.42. The lowest BCUT2D eigenvalue weighted by molar-refractivity contribution is 0.0926. The first-order valence-corrected chi connectivity index (χ1v) is 16.4. The van der Waals surface area contributed by atoms with Gasteiger partial charge in [0.1, 0.15) is 0 Å². The molecule has 2 amide bonds. The van der Waals surface area contributed by atoms with Gasteiger partial charge in [0.2, 0.25) is 0 Å². The average molecular weight is 642 g/mol. The van der Waals surface area contributed by atoms with Gasteiger partial charge in [0.15, 0.2) is 0 Å². The maximum absolute atomic E-state index is 14.8. The van der Waals surface area contributed by atoms with Crippen molar-refractivity contribution in [2.45, 2.75) is 0 Å². The van der Waals surface area contributed by atoms with Crippen LogP contribution >= 0.6 is 0 Å². The summed E-state index contributed by atoms with van der Waals surface area (Å²) in [4.78, 5) is 30.6. The molecule has 7 aromatic carbocycles. The Morgan fingerprint density at radius 3 is 1.82 bits per heavy atom. The summed E-state index contributed by atoms with van der Waals surface area (Å²) in [6.07, 6.45) is 0. The molecule has 0 radical (unpaired) electrons. The number of nitrogens with zero attached hydrogens (tertiary/aromatic N) is 3. The monoisotopic (exact) mass is 641 g/mol. The van der Waals surface area contributed by atoms with Crippen LogP contribution in [0.3, 0.4) is 0 Å². The molecule has 1 aliphatic rings. The molecular formula is C45H27N3O2. The smallest absolute Gasteiger partial charge is 0.268 e. The van der Waals surface area contributed by atoms with E-state index in [1.807, 2.05) is 133 Å². The van der Waals surface area contributed by atoms with Crippen LogP contribution in [0.4, 0.5) is 5.69 Å². The van der Waals surface area contributed by atoms with Crippen LogP contribution in [0.25, 0.3) is 60.9 Å². The molecule has 2 heterocycles. The second-order valence-electron chi connectivity index (χ2n) is 12.4. The summed E-state index contributed by atoms with van der Waals surface area (Å²) in [5, 5.41) is 11.4. The standard InChI is InChI=1S/C45H27N3O2/c46-28-29-18-20-31(21-19-29)34-23-25-37-36-14-7-8-16-39(36)47(42(37)27-34)40-17-9-15-38-43(40)45(50)48(44(38)49)41-26-33(30-10-3-1-4-11-30)22-24-35(41)32-12-5-2-6-13-32/h1-27H. The van der Waals surface area contributed by atoms with Crippen LogP contribution < -0.4 is 4.90 Å². The van der Waals surface area contributed by atoms with Gasteiger partial charge in [-0.2, -0.15) is 5.26 Å². The van der Waals surface area contributed by atoms with Crippen molar-refractivity contribution < 1.29 is 9.59 Å². The zero-order chi connectivity index (χ0) is 33.8. The van der Waals surface area contributed by atoms with Crippen molar-refractivity contribution in [2.75, 3.05) is 4.90 Å². The van der Waals surface area contributed by atoms with E-state index in [-0.39, 0.29) is 11.8 Å². The lowest BCUT2D eigenvalue weighted by Crippen LogP contribution is -2.30. The molecule has 0 bridgehead atoms. The molecule has 1 aliphatic heterocycles. The van der Waals surface area contributed by atoms with Crippen molar-refractivity contribution in [1.82, 2.24) is 4.57 Å². The zero-order valence-electron chi connectivity index (χ0n) is 26.7. The molecular weight excluding hydrogens is 615 g/mol. The predicted molar refractivity (Wildman–Crippen MR) is 199 cm³/mol. The quantitative estimate of drug-likeness (QED) is 0.176. The van der Waals surface area contributed by atoms with E-state index in [1.54, 1.807) is 6.07 Å². The Bertz CT molecular complexity index is 2690.